The normalized spacial score (nSPS) is 20.4. The molecule has 0 radical (unpaired) electrons. The highest BCUT2D eigenvalue weighted by molar-refractivity contribution is 5.75. The molecular formula is C15H27N3O3. The molecule has 0 unspecified atom stereocenters. The van der Waals surface area contributed by atoms with Crippen molar-refractivity contribution in [2.24, 2.45) is 5.92 Å². The Kier molecular flexibility index (Phi) is 5.45. The minimum Gasteiger partial charge on any atom is -0.480 e. The molecule has 2 rings (SSSR count). The van der Waals surface area contributed by atoms with Gasteiger partial charge in [0, 0.05) is 38.8 Å². The number of nitrogens with zero attached hydrogens (tertiary/aromatic N) is 3. The van der Waals surface area contributed by atoms with E-state index in [1.807, 2.05) is 14.7 Å². The van der Waals surface area contributed by atoms with Crippen LogP contribution in [0.1, 0.15) is 33.1 Å². The van der Waals surface area contributed by atoms with Crippen molar-refractivity contribution in [3.63, 3.8) is 0 Å². The van der Waals surface area contributed by atoms with E-state index >= 15 is 0 Å². The van der Waals surface area contributed by atoms with Gasteiger partial charge in [-0.05, 0) is 25.2 Å². The number of carbonyl (C=O) groups excluding carboxylic acids is 1. The van der Waals surface area contributed by atoms with Gasteiger partial charge in [-0.3, -0.25) is 9.69 Å². The Bertz CT molecular complexity index is 382. The Morgan fingerprint density at radius 3 is 2.48 bits per heavy atom. The highest BCUT2D eigenvalue weighted by Gasteiger charge is 2.35. The van der Waals surface area contributed by atoms with E-state index in [2.05, 4.69) is 13.8 Å². The summed E-state index contributed by atoms with van der Waals surface area (Å²) in [5.74, 6) is -0.320. The zero-order valence-electron chi connectivity index (χ0n) is 13.1. The predicted octanol–water partition coefficient (Wildman–Crippen LogP) is 1.32. The standard InChI is InChI=1S/C15H27N3O3/c1-12(2)10-18(13-4-5-13)15(21)17-7-3-6-16(8-9-17)11-14(19)20/h12-13H,3-11H2,1-2H3,(H,19,20). The van der Waals surface area contributed by atoms with Crippen molar-refractivity contribution < 1.29 is 14.7 Å². The largest absolute Gasteiger partial charge is 0.480 e. The molecule has 1 saturated carbocycles. The molecule has 1 heterocycles. The molecule has 120 valence electrons. The van der Waals surface area contributed by atoms with E-state index in [0.717, 1.165) is 38.9 Å². The van der Waals surface area contributed by atoms with E-state index in [1.54, 1.807) is 0 Å². The molecule has 0 bridgehead atoms. The molecular weight excluding hydrogens is 270 g/mol. The Balaban J connectivity index is 1.90. The minimum absolute atomic E-state index is 0.0698. The fourth-order valence-electron chi connectivity index (χ4n) is 2.86. The summed E-state index contributed by atoms with van der Waals surface area (Å²) < 4.78 is 0. The molecule has 0 aromatic rings. The van der Waals surface area contributed by atoms with Gasteiger partial charge in [0.05, 0.1) is 6.54 Å². The predicted molar refractivity (Wildman–Crippen MR) is 80.2 cm³/mol. The molecule has 1 N–H and O–H groups in total. The molecule has 21 heavy (non-hydrogen) atoms. The van der Waals surface area contributed by atoms with Crippen LogP contribution in [0, 0.1) is 5.92 Å². The summed E-state index contributed by atoms with van der Waals surface area (Å²) in [5, 5.41) is 8.87. The van der Waals surface area contributed by atoms with Crippen LogP contribution in [-0.2, 0) is 4.79 Å². The lowest BCUT2D eigenvalue weighted by atomic mass is 10.2. The fourth-order valence-corrected chi connectivity index (χ4v) is 2.86. The molecule has 2 amide bonds. The number of urea groups is 1. The second-order valence-corrected chi connectivity index (χ2v) is 6.57. The van der Waals surface area contributed by atoms with Gasteiger partial charge in [0.2, 0.25) is 0 Å². The third-order valence-electron chi connectivity index (χ3n) is 4.01. The lowest BCUT2D eigenvalue weighted by Gasteiger charge is -2.31. The molecule has 2 fully saturated rings. The van der Waals surface area contributed by atoms with E-state index in [9.17, 15) is 9.59 Å². The highest BCUT2D eigenvalue weighted by Crippen LogP contribution is 2.28. The lowest BCUT2D eigenvalue weighted by molar-refractivity contribution is -0.138. The van der Waals surface area contributed by atoms with Crippen molar-refractivity contribution in [3.05, 3.63) is 0 Å². The quantitative estimate of drug-likeness (QED) is 0.831. The summed E-state index contributed by atoms with van der Waals surface area (Å²) in [6, 6.07) is 0.571. The SMILES string of the molecule is CC(C)CN(C(=O)N1CCCN(CC(=O)O)CC1)C1CC1. The fraction of sp³-hybridized carbons (Fsp3) is 0.867. The summed E-state index contributed by atoms with van der Waals surface area (Å²) in [4.78, 5) is 29.4. The summed E-state index contributed by atoms with van der Waals surface area (Å²) in [6.45, 7) is 7.93. The average Bonchev–Trinajstić information content (AvgIpc) is 3.21. The molecule has 1 aliphatic carbocycles. The Morgan fingerprint density at radius 2 is 1.90 bits per heavy atom. The first-order chi connectivity index (χ1) is 9.97. The van der Waals surface area contributed by atoms with Crippen LogP contribution < -0.4 is 0 Å². The summed E-state index contributed by atoms with van der Waals surface area (Å²) >= 11 is 0. The van der Waals surface area contributed by atoms with Crippen LogP contribution in [0.15, 0.2) is 0 Å². The van der Waals surface area contributed by atoms with Crippen molar-refractivity contribution >= 4 is 12.0 Å². The van der Waals surface area contributed by atoms with Crippen LogP contribution >= 0.6 is 0 Å². The van der Waals surface area contributed by atoms with Crippen LogP contribution in [0.4, 0.5) is 4.79 Å². The van der Waals surface area contributed by atoms with Gasteiger partial charge >= 0.3 is 12.0 Å². The maximum atomic E-state index is 12.7. The van der Waals surface area contributed by atoms with Gasteiger partial charge in [-0.25, -0.2) is 4.79 Å². The third-order valence-corrected chi connectivity index (χ3v) is 4.01. The number of carbonyl (C=O) groups is 2. The first-order valence-electron chi connectivity index (χ1n) is 7.97. The highest BCUT2D eigenvalue weighted by atomic mass is 16.4. The van der Waals surface area contributed by atoms with Crippen LogP contribution in [0.2, 0.25) is 0 Å². The summed E-state index contributed by atoms with van der Waals surface area (Å²) in [5.41, 5.74) is 0. The molecule has 6 heteroatoms. The Morgan fingerprint density at radius 1 is 1.19 bits per heavy atom. The van der Waals surface area contributed by atoms with E-state index < -0.39 is 5.97 Å². The topological polar surface area (TPSA) is 64.1 Å². The van der Waals surface area contributed by atoms with Crippen LogP contribution in [0.3, 0.4) is 0 Å². The van der Waals surface area contributed by atoms with E-state index in [1.165, 1.54) is 0 Å². The average molecular weight is 297 g/mol. The maximum absolute atomic E-state index is 12.7. The Labute approximate surface area is 126 Å². The maximum Gasteiger partial charge on any atom is 0.320 e. The monoisotopic (exact) mass is 297 g/mol. The summed E-state index contributed by atoms with van der Waals surface area (Å²) in [6.07, 6.45) is 3.09. The molecule has 1 saturated heterocycles. The van der Waals surface area contributed by atoms with Gasteiger partial charge in [-0.15, -0.1) is 0 Å². The number of hydrogen-bond donors (Lipinski definition) is 1. The number of rotatable bonds is 5. The number of aliphatic carboxylic acids is 1. The van der Waals surface area contributed by atoms with Gasteiger partial charge in [-0.1, -0.05) is 13.8 Å². The van der Waals surface area contributed by atoms with Crippen molar-refractivity contribution in [3.8, 4) is 0 Å². The smallest absolute Gasteiger partial charge is 0.320 e. The molecule has 2 aliphatic rings. The zero-order valence-corrected chi connectivity index (χ0v) is 13.1. The van der Waals surface area contributed by atoms with Gasteiger partial charge in [-0.2, -0.15) is 0 Å². The molecule has 0 aromatic heterocycles. The van der Waals surface area contributed by atoms with Gasteiger partial charge in [0.1, 0.15) is 0 Å². The molecule has 0 atom stereocenters. The third kappa shape index (κ3) is 4.88. The lowest BCUT2D eigenvalue weighted by Crippen LogP contribution is -2.47. The zero-order chi connectivity index (χ0) is 15.4. The van der Waals surface area contributed by atoms with Crippen molar-refractivity contribution in [1.82, 2.24) is 14.7 Å². The minimum atomic E-state index is -0.797. The molecule has 0 spiro atoms. The number of carboxylic acid groups (broad SMARTS) is 1. The number of hydrogen-bond acceptors (Lipinski definition) is 3. The van der Waals surface area contributed by atoms with Gasteiger partial charge in [0.15, 0.2) is 0 Å². The van der Waals surface area contributed by atoms with Crippen molar-refractivity contribution in [2.45, 2.75) is 39.2 Å². The number of amides is 2. The van der Waals surface area contributed by atoms with Crippen molar-refractivity contribution in [2.75, 3.05) is 39.3 Å². The van der Waals surface area contributed by atoms with Crippen LogP contribution in [0.25, 0.3) is 0 Å². The van der Waals surface area contributed by atoms with Crippen molar-refractivity contribution in [1.29, 1.82) is 0 Å². The number of carboxylic acids is 1. The first-order valence-corrected chi connectivity index (χ1v) is 7.97. The van der Waals surface area contributed by atoms with Gasteiger partial charge < -0.3 is 14.9 Å². The van der Waals surface area contributed by atoms with Crippen LogP contribution in [0.5, 0.6) is 0 Å². The van der Waals surface area contributed by atoms with E-state index in [-0.39, 0.29) is 12.6 Å². The Hall–Kier alpha value is -1.30. The van der Waals surface area contributed by atoms with Gasteiger partial charge in [0.25, 0.3) is 0 Å². The molecule has 0 aromatic carbocycles. The van der Waals surface area contributed by atoms with Crippen LogP contribution in [-0.4, -0.2) is 77.1 Å². The first kappa shape index (κ1) is 16.1. The second kappa shape index (κ2) is 7.11. The summed E-state index contributed by atoms with van der Waals surface area (Å²) in [7, 11) is 0. The van der Waals surface area contributed by atoms with E-state index in [4.69, 9.17) is 5.11 Å². The molecule has 6 nitrogen and oxygen atoms in total. The van der Waals surface area contributed by atoms with E-state index in [0.29, 0.717) is 25.0 Å². The second-order valence-electron chi connectivity index (χ2n) is 6.57. The molecule has 1 aliphatic heterocycles.